The lowest BCUT2D eigenvalue weighted by Crippen LogP contribution is -2.10. The second-order valence-electron chi connectivity index (χ2n) is 4.27. The highest BCUT2D eigenvalue weighted by molar-refractivity contribution is 7.21. The molecule has 0 atom stereocenters. The number of fused-ring (bicyclic) bond motifs is 1. The molecule has 5 heteroatoms. The fraction of sp³-hybridized carbons (Fsp3) is 0.133. The van der Waals surface area contributed by atoms with Gasteiger partial charge in [0.2, 0.25) is 0 Å². The molecule has 3 nitrogen and oxygen atoms in total. The average Bonchev–Trinajstić information content (AvgIpc) is 2.88. The number of thiazole rings is 1. The van der Waals surface area contributed by atoms with Crippen molar-refractivity contribution in [3.8, 4) is 16.3 Å². The number of benzene rings is 2. The van der Waals surface area contributed by atoms with E-state index in [1.165, 1.54) is 0 Å². The van der Waals surface area contributed by atoms with Gasteiger partial charge in [-0.1, -0.05) is 29.8 Å². The molecule has 0 aliphatic heterocycles. The summed E-state index contributed by atoms with van der Waals surface area (Å²) in [5, 5.41) is 1.63. The Morgan fingerprint density at radius 1 is 1.20 bits per heavy atom. The lowest BCUT2D eigenvalue weighted by Gasteiger charge is -2.02. The number of hydrogen-bond acceptors (Lipinski definition) is 4. The van der Waals surface area contributed by atoms with Gasteiger partial charge >= 0.3 is 0 Å². The third-order valence-corrected chi connectivity index (χ3v) is 4.23. The van der Waals surface area contributed by atoms with Crippen LogP contribution in [0.1, 0.15) is 0 Å². The first-order chi connectivity index (χ1) is 9.78. The highest BCUT2D eigenvalue weighted by Gasteiger charge is 2.09. The van der Waals surface area contributed by atoms with Crippen LogP contribution in [0, 0.1) is 0 Å². The maximum Gasteiger partial charge on any atom is 0.126 e. The number of nitrogens with zero attached hydrogens (tertiary/aromatic N) is 1. The molecule has 1 aromatic heterocycles. The van der Waals surface area contributed by atoms with Gasteiger partial charge < -0.3 is 10.5 Å². The second kappa shape index (κ2) is 5.79. The molecule has 0 radical (unpaired) electrons. The smallest absolute Gasteiger partial charge is 0.126 e. The first-order valence-electron chi connectivity index (χ1n) is 6.26. The minimum atomic E-state index is 0.506. The van der Waals surface area contributed by atoms with Gasteiger partial charge in [0.15, 0.2) is 0 Å². The van der Waals surface area contributed by atoms with Crippen LogP contribution < -0.4 is 10.5 Å². The number of nitrogens with two attached hydrogens (primary N) is 1. The zero-order valence-electron chi connectivity index (χ0n) is 10.7. The molecule has 3 aromatic rings. The van der Waals surface area contributed by atoms with Gasteiger partial charge in [0.1, 0.15) is 17.4 Å². The van der Waals surface area contributed by atoms with E-state index < -0.39 is 0 Å². The van der Waals surface area contributed by atoms with E-state index in [9.17, 15) is 0 Å². The topological polar surface area (TPSA) is 48.1 Å². The summed E-state index contributed by atoms with van der Waals surface area (Å²) in [6.07, 6.45) is 0. The monoisotopic (exact) mass is 304 g/mol. The Morgan fingerprint density at radius 3 is 2.85 bits per heavy atom. The molecule has 0 spiro atoms. The van der Waals surface area contributed by atoms with E-state index in [0.717, 1.165) is 26.5 Å². The number of ether oxygens (including phenoxy) is 1. The summed E-state index contributed by atoms with van der Waals surface area (Å²) in [5.74, 6) is 0.817. The second-order valence-corrected chi connectivity index (χ2v) is 5.70. The van der Waals surface area contributed by atoms with Gasteiger partial charge in [0.05, 0.1) is 15.2 Å². The van der Waals surface area contributed by atoms with Gasteiger partial charge in [-0.15, -0.1) is 11.3 Å². The van der Waals surface area contributed by atoms with Crippen molar-refractivity contribution in [1.29, 1.82) is 0 Å². The molecule has 0 amide bonds. The lowest BCUT2D eigenvalue weighted by atomic mass is 10.2. The molecule has 0 aliphatic carbocycles. The number of hydrogen-bond donors (Lipinski definition) is 1. The summed E-state index contributed by atoms with van der Waals surface area (Å²) in [4.78, 5) is 4.62. The van der Waals surface area contributed by atoms with Crippen molar-refractivity contribution in [3.63, 3.8) is 0 Å². The van der Waals surface area contributed by atoms with Crippen LogP contribution in [-0.4, -0.2) is 18.1 Å². The molecule has 0 bridgehead atoms. The van der Waals surface area contributed by atoms with E-state index in [4.69, 9.17) is 22.1 Å². The van der Waals surface area contributed by atoms with Crippen LogP contribution in [0.5, 0.6) is 5.75 Å². The third-order valence-electron chi connectivity index (χ3n) is 2.85. The Morgan fingerprint density at radius 2 is 2.05 bits per heavy atom. The Balaban J connectivity index is 2.00. The van der Waals surface area contributed by atoms with Crippen LogP contribution in [0.3, 0.4) is 0 Å². The summed E-state index contributed by atoms with van der Waals surface area (Å²) in [6.45, 7) is 1.02. The average molecular weight is 305 g/mol. The van der Waals surface area contributed by atoms with E-state index in [0.29, 0.717) is 18.2 Å². The van der Waals surface area contributed by atoms with Gasteiger partial charge in [0, 0.05) is 12.1 Å². The van der Waals surface area contributed by atoms with Gasteiger partial charge in [-0.2, -0.15) is 0 Å². The summed E-state index contributed by atoms with van der Waals surface area (Å²) in [7, 11) is 0. The van der Waals surface area contributed by atoms with Crippen molar-refractivity contribution in [1.82, 2.24) is 4.98 Å². The van der Waals surface area contributed by atoms with Crippen LogP contribution in [0.25, 0.3) is 20.8 Å². The Bertz CT molecular complexity index is 742. The van der Waals surface area contributed by atoms with Crippen LogP contribution >= 0.6 is 22.9 Å². The predicted octanol–water partition coefficient (Wildman–Crippen LogP) is 3.95. The van der Waals surface area contributed by atoms with Crippen LogP contribution in [0.15, 0.2) is 42.5 Å². The van der Waals surface area contributed by atoms with Crippen molar-refractivity contribution in [2.45, 2.75) is 0 Å². The minimum Gasteiger partial charge on any atom is -0.492 e. The standard InChI is InChI=1S/C15H13ClN2OS/c16-12-4-2-1-3-11(12)15-18-13-6-5-10(19-8-7-17)9-14(13)20-15/h1-6,9H,7-8,17H2. The molecule has 0 unspecified atom stereocenters. The fourth-order valence-corrected chi connectivity index (χ4v) is 3.24. The maximum atomic E-state index is 6.21. The Kier molecular flexibility index (Phi) is 3.87. The van der Waals surface area contributed by atoms with Crippen LogP contribution in [0.4, 0.5) is 0 Å². The first kappa shape index (κ1) is 13.4. The molecule has 1 heterocycles. The number of halogens is 1. The zero-order valence-corrected chi connectivity index (χ0v) is 12.2. The summed E-state index contributed by atoms with van der Waals surface area (Å²) >= 11 is 7.82. The van der Waals surface area contributed by atoms with E-state index in [1.54, 1.807) is 11.3 Å². The molecule has 0 aliphatic rings. The van der Waals surface area contributed by atoms with Gasteiger partial charge in [-0.25, -0.2) is 4.98 Å². The van der Waals surface area contributed by atoms with E-state index in [2.05, 4.69) is 4.98 Å². The predicted molar refractivity (Wildman–Crippen MR) is 84.6 cm³/mol. The number of rotatable bonds is 4. The molecule has 2 aromatic carbocycles. The van der Waals surface area contributed by atoms with Crippen LogP contribution in [0.2, 0.25) is 5.02 Å². The summed E-state index contributed by atoms with van der Waals surface area (Å²) < 4.78 is 6.61. The Hall–Kier alpha value is -1.62. The molecule has 102 valence electrons. The minimum absolute atomic E-state index is 0.506. The Labute approximate surface area is 126 Å². The zero-order chi connectivity index (χ0) is 13.9. The molecule has 0 saturated carbocycles. The van der Waals surface area contributed by atoms with Crippen molar-refractivity contribution in [2.75, 3.05) is 13.2 Å². The van der Waals surface area contributed by atoms with Crippen LogP contribution in [-0.2, 0) is 0 Å². The fourth-order valence-electron chi connectivity index (χ4n) is 1.92. The lowest BCUT2D eigenvalue weighted by molar-refractivity contribution is 0.329. The number of aromatic nitrogens is 1. The summed E-state index contributed by atoms with van der Waals surface area (Å²) in [6, 6.07) is 13.6. The quantitative estimate of drug-likeness (QED) is 0.794. The molecule has 2 N–H and O–H groups in total. The molecule has 0 fully saturated rings. The van der Waals surface area contributed by atoms with Gasteiger partial charge in [0.25, 0.3) is 0 Å². The largest absolute Gasteiger partial charge is 0.492 e. The highest BCUT2D eigenvalue weighted by Crippen LogP contribution is 2.35. The van der Waals surface area contributed by atoms with Gasteiger partial charge in [-0.05, 0) is 24.3 Å². The molecular weight excluding hydrogens is 292 g/mol. The molecule has 3 rings (SSSR count). The van der Waals surface area contributed by atoms with Crippen molar-refractivity contribution >= 4 is 33.2 Å². The summed E-state index contributed by atoms with van der Waals surface area (Å²) in [5.41, 5.74) is 7.34. The molecular formula is C15H13ClN2OS. The molecule has 20 heavy (non-hydrogen) atoms. The van der Waals surface area contributed by atoms with E-state index in [1.807, 2.05) is 42.5 Å². The van der Waals surface area contributed by atoms with Gasteiger partial charge in [-0.3, -0.25) is 0 Å². The van der Waals surface area contributed by atoms with Crippen molar-refractivity contribution in [3.05, 3.63) is 47.5 Å². The third kappa shape index (κ3) is 2.63. The maximum absolute atomic E-state index is 6.21. The first-order valence-corrected chi connectivity index (χ1v) is 7.46. The van der Waals surface area contributed by atoms with E-state index >= 15 is 0 Å². The SMILES string of the molecule is NCCOc1ccc2nc(-c3ccccc3Cl)sc2c1. The highest BCUT2D eigenvalue weighted by atomic mass is 35.5. The normalized spacial score (nSPS) is 10.9. The molecule has 0 saturated heterocycles. The van der Waals surface area contributed by atoms with Crippen molar-refractivity contribution in [2.24, 2.45) is 5.73 Å². The van der Waals surface area contributed by atoms with Crippen molar-refractivity contribution < 1.29 is 4.74 Å². The van der Waals surface area contributed by atoms with E-state index in [-0.39, 0.29) is 0 Å².